The fourth-order valence-electron chi connectivity index (χ4n) is 1.71. The molecule has 0 radical (unpaired) electrons. The maximum absolute atomic E-state index is 4.50. The lowest BCUT2D eigenvalue weighted by Crippen LogP contribution is -2.45. The molecule has 0 amide bonds. The van der Waals surface area contributed by atoms with Crippen LogP contribution in [0.4, 0.5) is 0 Å². The fourth-order valence-corrected chi connectivity index (χ4v) is 2.59. The minimum absolute atomic E-state index is 0.612. The standard InChI is InChI=1S/C12H20N4S/c1-8-9(2)17-11(15-8)7-14-12(13-3)16-10-5-4-6-10/h10H,4-7H2,1-3H3,(H2,13,14,16). The van der Waals surface area contributed by atoms with Crippen LogP contribution in [0.1, 0.15) is 34.8 Å². The van der Waals surface area contributed by atoms with Crippen molar-refractivity contribution < 1.29 is 0 Å². The van der Waals surface area contributed by atoms with Crippen molar-refractivity contribution in [3.63, 3.8) is 0 Å². The second kappa shape index (κ2) is 5.49. The summed E-state index contributed by atoms with van der Waals surface area (Å²) in [5, 5.41) is 7.84. The monoisotopic (exact) mass is 252 g/mol. The van der Waals surface area contributed by atoms with E-state index in [2.05, 4.69) is 34.5 Å². The van der Waals surface area contributed by atoms with Gasteiger partial charge in [0, 0.05) is 18.0 Å². The van der Waals surface area contributed by atoms with E-state index < -0.39 is 0 Å². The predicted octanol–water partition coefficient (Wildman–Crippen LogP) is 1.98. The lowest BCUT2D eigenvalue weighted by Gasteiger charge is -2.28. The number of hydrogen-bond donors (Lipinski definition) is 2. The first-order chi connectivity index (χ1) is 8.19. The van der Waals surface area contributed by atoms with Crippen LogP contribution in [-0.2, 0) is 6.54 Å². The normalized spacial score (nSPS) is 16.8. The molecule has 0 saturated heterocycles. The van der Waals surface area contributed by atoms with Gasteiger partial charge in [0.2, 0.25) is 0 Å². The molecule has 0 atom stereocenters. The number of guanidine groups is 1. The van der Waals surface area contributed by atoms with E-state index in [-0.39, 0.29) is 0 Å². The number of nitrogens with zero attached hydrogens (tertiary/aromatic N) is 2. The van der Waals surface area contributed by atoms with Crippen molar-refractivity contribution in [1.82, 2.24) is 15.6 Å². The van der Waals surface area contributed by atoms with Gasteiger partial charge in [0.1, 0.15) is 5.01 Å². The Hall–Kier alpha value is -1.10. The molecule has 0 aliphatic heterocycles. The third kappa shape index (κ3) is 3.19. The maximum Gasteiger partial charge on any atom is 0.191 e. The molecule has 1 saturated carbocycles. The van der Waals surface area contributed by atoms with Crippen LogP contribution >= 0.6 is 11.3 Å². The molecule has 1 heterocycles. The first-order valence-electron chi connectivity index (χ1n) is 6.09. The third-order valence-electron chi connectivity index (χ3n) is 3.15. The molecule has 4 nitrogen and oxygen atoms in total. The number of hydrogen-bond acceptors (Lipinski definition) is 3. The van der Waals surface area contributed by atoms with E-state index in [1.807, 2.05) is 7.05 Å². The average Bonchev–Trinajstić information content (AvgIpc) is 2.56. The smallest absolute Gasteiger partial charge is 0.191 e. The van der Waals surface area contributed by atoms with Crippen molar-refractivity contribution in [2.75, 3.05) is 7.05 Å². The molecule has 2 rings (SSSR count). The molecule has 94 valence electrons. The van der Waals surface area contributed by atoms with Gasteiger partial charge < -0.3 is 10.6 Å². The van der Waals surface area contributed by atoms with Crippen LogP contribution in [0.3, 0.4) is 0 Å². The second-order valence-corrected chi connectivity index (χ2v) is 5.73. The molecular formula is C12H20N4S. The summed E-state index contributed by atoms with van der Waals surface area (Å²) in [5.41, 5.74) is 1.13. The highest BCUT2D eigenvalue weighted by atomic mass is 32.1. The van der Waals surface area contributed by atoms with Crippen molar-refractivity contribution in [2.24, 2.45) is 4.99 Å². The maximum atomic E-state index is 4.50. The quantitative estimate of drug-likeness (QED) is 0.639. The second-order valence-electron chi connectivity index (χ2n) is 4.45. The van der Waals surface area contributed by atoms with Gasteiger partial charge in [0.25, 0.3) is 0 Å². The minimum Gasteiger partial charge on any atom is -0.354 e. The Labute approximate surface area is 107 Å². The molecule has 1 fully saturated rings. The summed E-state index contributed by atoms with van der Waals surface area (Å²) in [6, 6.07) is 0.612. The van der Waals surface area contributed by atoms with Gasteiger partial charge in [0.05, 0.1) is 12.2 Å². The van der Waals surface area contributed by atoms with E-state index in [0.29, 0.717) is 6.04 Å². The van der Waals surface area contributed by atoms with Gasteiger partial charge in [-0.15, -0.1) is 11.3 Å². The first kappa shape index (κ1) is 12.4. The van der Waals surface area contributed by atoms with E-state index >= 15 is 0 Å². The summed E-state index contributed by atoms with van der Waals surface area (Å²) in [7, 11) is 1.81. The van der Waals surface area contributed by atoms with Gasteiger partial charge in [-0.25, -0.2) is 4.98 Å². The number of aromatic nitrogens is 1. The highest BCUT2D eigenvalue weighted by molar-refractivity contribution is 7.11. The first-order valence-corrected chi connectivity index (χ1v) is 6.91. The van der Waals surface area contributed by atoms with Crippen LogP contribution in [0.5, 0.6) is 0 Å². The molecule has 0 aromatic carbocycles. The summed E-state index contributed by atoms with van der Waals surface area (Å²) in [4.78, 5) is 10.0. The summed E-state index contributed by atoms with van der Waals surface area (Å²) in [5.74, 6) is 0.889. The lowest BCUT2D eigenvalue weighted by molar-refractivity contribution is 0.380. The zero-order chi connectivity index (χ0) is 12.3. The summed E-state index contributed by atoms with van der Waals surface area (Å²) in [6.07, 6.45) is 3.85. The van der Waals surface area contributed by atoms with Crippen molar-refractivity contribution in [1.29, 1.82) is 0 Å². The molecule has 2 N–H and O–H groups in total. The molecular weight excluding hydrogens is 232 g/mol. The Balaban J connectivity index is 1.83. The number of rotatable bonds is 3. The number of nitrogens with one attached hydrogen (secondary N) is 2. The number of thiazole rings is 1. The minimum atomic E-state index is 0.612. The van der Waals surface area contributed by atoms with E-state index in [0.717, 1.165) is 23.2 Å². The van der Waals surface area contributed by atoms with E-state index in [9.17, 15) is 0 Å². The van der Waals surface area contributed by atoms with E-state index in [4.69, 9.17) is 0 Å². The van der Waals surface area contributed by atoms with Gasteiger partial charge in [-0.3, -0.25) is 4.99 Å². The summed E-state index contributed by atoms with van der Waals surface area (Å²) < 4.78 is 0. The van der Waals surface area contributed by atoms with E-state index in [1.54, 1.807) is 11.3 Å². The highest BCUT2D eigenvalue weighted by Crippen LogP contribution is 2.18. The zero-order valence-corrected chi connectivity index (χ0v) is 11.5. The van der Waals surface area contributed by atoms with Crippen molar-refractivity contribution >= 4 is 17.3 Å². The molecule has 1 aliphatic carbocycles. The summed E-state index contributed by atoms with van der Waals surface area (Å²) in [6.45, 7) is 4.92. The fraction of sp³-hybridized carbons (Fsp3) is 0.667. The molecule has 0 unspecified atom stereocenters. The van der Waals surface area contributed by atoms with Crippen molar-refractivity contribution in [3.05, 3.63) is 15.6 Å². The molecule has 1 aliphatic rings. The SMILES string of the molecule is CN=C(NCc1nc(C)c(C)s1)NC1CCC1. The highest BCUT2D eigenvalue weighted by Gasteiger charge is 2.18. The van der Waals surface area contributed by atoms with Gasteiger partial charge in [-0.1, -0.05) is 0 Å². The summed E-state index contributed by atoms with van der Waals surface area (Å²) >= 11 is 1.75. The van der Waals surface area contributed by atoms with Crippen molar-refractivity contribution in [2.45, 2.75) is 45.7 Å². The lowest BCUT2D eigenvalue weighted by atomic mass is 9.93. The Morgan fingerprint density at radius 2 is 2.24 bits per heavy atom. The topological polar surface area (TPSA) is 49.3 Å². The predicted molar refractivity (Wildman–Crippen MR) is 72.6 cm³/mol. The van der Waals surface area contributed by atoms with Crippen LogP contribution in [-0.4, -0.2) is 24.0 Å². The number of aliphatic imine (C=N–C) groups is 1. The molecule has 5 heteroatoms. The van der Waals surface area contributed by atoms with E-state index in [1.165, 1.54) is 24.1 Å². The third-order valence-corrected chi connectivity index (χ3v) is 4.22. The van der Waals surface area contributed by atoms with Crippen LogP contribution in [0.25, 0.3) is 0 Å². The zero-order valence-electron chi connectivity index (χ0n) is 10.7. The van der Waals surface area contributed by atoms with Gasteiger partial charge in [0.15, 0.2) is 5.96 Å². The molecule has 1 aromatic heterocycles. The van der Waals surface area contributed by atoms with Crippen LogP contribution < -0.4 is 10.6 Å². The Morgan fingerprint density at radius 1 is 1.47 bits per heavy atom. The largest absolute Gasteiger partial charge is 0.354 e. The Bertz CT molecular complexity index is 387. The Morgan fingerprint density at radius 3 is 2.71 bits per heavy atom. The van der Waals surface area contributed by atoms with Gasteiger partial charge in [-0.05, 0) is 33.1 Å². The molecule has 0 bridgehead atoms. The Kier molecular flexibility index (Phi) is 3.99. The molecule has 17 heavy (non-hydrogen) atoms. The number of aryl methyl sites for hydroxylation is 2. The molecule has 1 aromatic rings. The van der Waals surface area contributed by atoms with Crippen LogP contribution in [0.15, 0.2) is 4.99 Å². The van der Waals surface area contributed by atoms with Crippen molar-refractivity contribution in [3.8, 4) is 0 Å². The van der Waals surface area contributed by atoms with Crippen LogP contribution in [0.2, 0.25) is 0 Å². The molecule has 0 spiro atoms. The van der Waals surface area contributed by atoms with Gasteiger partial charge in [-0.2, -0.15) is 0 Å². The van der Waals surface area contributed by atoms with Crippen LogP contribution in [0, 0.1) is 13.8 Å². The van der Waals surface area contributed by atoms with Gasteiger partial charge >= 0.3 is 0 Å². The average molecular weight is 252 g/mol.